The Balaban J connectivity index is 0.00000242. The number of rotatable bonds is 5. The van der Waals surface area contributed by atoms with E-state index in [2.05, 4.69) is 46.5 Å². The molecule has 1 amide bonds. The van der Waals surface area contributed by atoms with Crippen LogP contribution in [0.15, 0.2) is 28.7 Å². The third-order valence-corrected chi connectivity index (χ3v) is 5.17. The number of piperidine rings is 1. The summed E-state index contributed by atoms with van der Waals surface area (Å²) in [5.41, 5.74) is 1.21. The Kier molecular flexibility index (Phi) is 8.44. The van der Waals surface area contributed by atoms with Crippen molar-refractivity contribution in [2.45, 2.75) is 39.2 Å². The smallest absolute Gasteiger partial charge is 0.223 e. The molecule has 2 rings (SSSR count). The Morgan fingerprint density at radius 1 is 1.45 bits per heavy atom. The van der Waals surface area contributed by atoms with Gasteiger partial charge in [0.15, 0.2) is 0 Å². The first kappa shape index (κ1) is 19.5. The van der Waals surface area contributed by atoms with Crippen LogP contribution in [0.2, 0.25) is 0 Å². The molecule has 0 aliphatic carbocycles. The topological polar surface area (TPSA) is 41.1 Å². The van der Waals surface area contributed by atoms with Crippen LogP contribution in [-0.2, 0) is 11.2 Å². The first-order valence-electron chi connectivity index (χ1n) is 7.86. The Morgan fingerprint density at radius 2 is 2.18 bits per heavy atom. The number of hydrogen-bond acceptors (Lipinski definition) is 2. The molecule has 1 heterocycles. The first-order valence-corrected chi connectivity index (χ1v) is 8.65. The van der Waals surface area contributed by atoms with Gasteiger partial charge < -0.3 is 10.6 Å². The largest absolute Gasteiger partial charge is 0.353 e. The van der Waals surface area contributed by atoms with Crippen LogP contribution in [0, 0.1) is 11.8 Å². The van der Waals surface area contributed by atoms with Crippen molar-refractivity contribution < 1.29 is 4.79 Å². The molecule has 1 saturated heterocycles. The van der Waals surface area contributed by atoms with E-state index < -0.39 is 0 Å². The van der Waals surface area contributed by atoms with Gasteiger partial charge in [-0.2, -0.15) is 0 Å². The summed E-state index contributed by atoms with van der Waals surface area (Å²) in [6.45, 7) is 6.28. The minimum Gasteiger partial charge on any atom is -0.353 e. The molecule has 22 heavy (non-hydrogen) atoms. The maximum absolute atomic E-state index is 12.6. The van der Waals surface area contributed by atoms with Gasteiger partial charge in [-0.15, -0.1) is 12.4 Å². The van der Waals surface area contributed by atoms with Crippen LogP contribution in [-0.4, -0.2) is 25.0 Å². The molecule has 1 fully saturated rings. The summed E-state index contributed by atoms with van der Waals surface area (Å²) < 4.78 is 1.09. The van der Waals surface area contributed by atoms with E-state index in [1.807, 2.05) is 18.2 Å². The number of amides is 1. The zero-order chi connectivity index (χ0) is 15.2. The maximum Gasteiger partial charge on any atom is 0.223 e. The highest BCUT2D eigenvalue weighted by Crippen LogP contribution is 2.21. The molecule has 2 N–H and O–H groups in total. The van der Waals surface area contributed by atoms with Crippen molar-refractivity contribution in [2.75, 3.05) is 13.1 Å². The monoisotopic (exact) mass is 388 g/mol. The average molecular weight is 390 g/mol. The molecular weight excluding hydrogens is 364 g/mol. The molecule has 1 aliphatic heterocycles. The van der Waals surface area contributed by atoms with Crippen molar-refractivity contribution in [3.63, 3.8) is 0 Å². The second-order valence-corrected chi connectivity index (χ2v) is 6.84. The molecule has 1 aliphatic rings. The Hall–Kier alpha value is -0.580. The fourth-order valence-electron chi connectivity index (χ4n) is 2.88. The van der Waals surface area contributed by atoms with E-state index in [0.29, 0.717) is 12.0 Å². The third kappa shape index (κ3) is 5.25. The second-order valence-electron chi connectivity index (χ2n) is 5.99. The normalized spacial score (nSPS) is 22.5. The van der Waals surface area contributed by atoms with Gasteiger partial charge in [-0.25, -0.2) is 0 Å². The molecular formula is C17H26BrClN2O. The molecule has 3 unspecified atom stereocenters. The lowest BCUT2D eigenvalue weighted by Gasteiger charge is -2.31. The molecule has 0 radical (unpaired) electrons. The zero-order valence-corrected chi connectivity index (χ0v) is 15.7. The predicted octanol–water partition coefficient (Wildman–Crippen LogP) is 3.55. The number of nitrogens with one attached hydrogen (secondary N) is 2. The van der Waals surface area contributed by atoms with Crippen LogP contribution in [0.3, 0.4) is 0 Å². The van der Waals surface area contributed by atoms with Crippen LogP contribution < -0.4 is 10.6 Å². The predicted molar refractivity (Wildman–Crippen MR) is 97.5 cm³/mol. The number of carbonyl (C=O) groups excluding carboxylic acids is 1. The minimum absolute atomic E-state index is 0. The van der Waals surface area contributed by atoms with Gasteiger partial charge in [0.1, 0.15) is 0 Å². The molecule has 124 valence electrons. The minimum atomic E-state index is 0. The van der Waals surface area contributed by atoms with Crippen LogP contribution in [0.1, 0.15) is 32.3 Å². The lowest BCUT2D eigenvalue weighted by atomic mass is 9.92. The molecule has 0 saturated carbocycles. The molecule has 5 heteroatoms. The number of halogens is 2. The summed E-state index contributed by atoms with van der Waals surface area (Å²) in [7, 11) is 0. The first-order chi connectivity index (χ1) is 10.1. The van der Waals surface area contributed by atoms with Crippen molar-refractivity contribution in [3.05, 3.63) is 34.3 Å². The number of hydrogen-bond donors (Lipinski definition) is 2. The summed E-state index contributed by atoms with van der Waals surface area (Å²) in [5, 5.41) is 6.64. The van der Waals surface area contributed by atoms with Gasteiger partial charge in [0, 0.05) is 16.4 Å². The van der Waals surface area contributed by atoms with Gasteiger partial charge in [0.05, 0.1) is 0 Å². The third-order valence-electron chi connectivity index (χ3n) is 4.40. The second kappa shape index (κ2) is 9.53. The zero-order valence-electron chi connectivity index (χ0n) is 13.3. The van der Waals surface area contributed by atoms with Crippen molar-refractivity contribution in [2.24, 2.45) is 11.8 Å². The van der Waals surface area contributed by atoms with E-state index >= 15 is 0 Å². The molecule has 3 atom stereocenters. The molecule has 1 aromatic carbocycles. The van der Waals surface area contributed by atoms with E-state index in [1.54, 1.807) is 0 Å². The van der Waals surface area contributed by atoms with Gasteiger partial charge in [0.25, 0.3) is 0 Å². The maximum atomic E-state index is 12.6. The molecule has 1 aromatic rings. The van der Waals surface area contributed by atoms with Gasteiger partial charge in [-0.05, 0) is 49.9 Å². The van der Waals surface area contributed by atoms with Gasteiger partial charge >= 0.3 is 0 Å². The lowest BCUT2D eigenvalue weighted by molar-refractivity contribution is -0.126. The Morgan fingerprint density at radius 3 is 2.82 bits per heavy atom. The SMILES string of the molecule is CCC(Cc1ccccc1Br)C(=O)NC1CCNCC1C.Cl. The van der Waals surface area contributed by atoms with Gasteiger partial charge in [-0.3, -0.25) is 4.79 Å². The fraction of sp³-hybridized carbons (Fsp3) is 0.588. The van der Waals surface area contributed by atoms with E-state index in [-0.39, 0.29) is 24.2 Å². The standard InChI is InChI=1S/C17H25BrN2O.ClH/c1-3-13(10-14-6-4-5-7-15(14)18)17(21)20-16-8-9-19-11-12(16)2;/h4-7,12-13,16,19H,3,8-11H2,1-2H3,(H,20,21);1H. The number of benzene rings is 1. The highest BCUT2D eigenvalue weighted by atomic mass is 79.9. The summed E-state index contributed by atoms with van der Waals surface area (Å²) >= 11 is 3.57. The van der Waals surface area contributed by atoms with Crippen molar-refractivity contribution in [3.8, 4) is 0 Å². The van der Waals surface area contributed by atoms with Crippen LogP contribution in [0.4, 0.5) is 0 Å². The highest BCUT2D eigenvalue weighted by molar-refractivity contribution is 9.10. The van der Waals surface area contributed by atoms with E-state index in [9.17, 15) is 4.79 Å². The van der Waals surface area contributed by atoms with Gasteiger partial charge in [-0.1, -0.05) is 48.0 Å². The van der Waals surface area contributed by atoms with Crippen molar-refractivity contribution in [1.82, 2.24) is 10.6 Å². The van der Waals surface area contributed by atoms with Crippen LogP contribution in [0.25, 0.3) is 0 Å². The number of carbonyl (C=O) groups is 1. The van der Waals surface area contributed by atoms with Crippen molar-refractivity contribution >= 4 is 34.2 Å². The lowest BCUT2D eigenvalue weighted by Crippen LogP contribution is -2.50. The molecule has 0 spiro atoms. The van der Waals surface area contributed by atoms with E-state index in [0.717, 1.165) is 36.8 Å². The van der Waals surface area contributed by atoms with E-state index in [4.69, 9.17) is 0 Å². The summed E-state index contributed by atoms with van der Waals surface area (Å²) in [6, 6.07) is 8.47. The Bertz CT molecular complexity index is 483. The molecule has 0 bridgehead atoms. The summed E-state index contributed by atoms with van der Waals surface area (Å²) in [5.74, 6) is 0.751. The quantitative estimate of drug-likeness (QED) is 0.808. The Labute approximate surface area is 148 Å². The van der Waals surface area contributed by atoms with Crippen LogP contribution in [0.5, 0.6) is 0 Å². The van der Waals surface area contributed by atoms with Gasteiger partial charge in [0.2, 0.25) is 5.91 Å². The highest BCUT2D eigenvalue weighted by Gasteiger charge is 2.26. The molecule has 3 nitrogen and oxygen atoms in total. The van der Waals surface area contributed by atoms with E-state index in [1.165, 1.54) is 5.56 Å². The van der Waals surface area contributed by atoms with Crippen LogP contribution >= 0.6 is 28.3 Å². The molecule has 0 aromatic heterocycles. The summed E-state index contributed by atoms with van der Waals surface area (Å²) in [6.07, 6.45) is 2.69. The average Bonchev–Trinajstić information content (AvgIpc) is 2.48. The fourth-order valence-corrected chi connectivity index (χ4v) is 3.33. The summed E-state index contributed by atoms with van der Waals surface area (Å²) in [4.78, 5) is 12.6. The van der Waals surface area contributed by atoms with Crippen molar-refractivity contribution in [1.29, 1.82) is 0 Å².